The standard InChI is InChI=1S/C17H13NO4/c1-21-13-8-6-12(7-9-13)18-16(19)15-10-11-4-2-3-5-14(11)17(20)22-15/h2-10H,1H3,(H,18,19). The maximum Gasteiger partial charge on any atom is 0.344 e. The van der Waals surface area contributed by atoms with Crippen LogP contribution in [0.1, 0.15) is 10.6 Å². The molecule has 5 nitrogen and oxygen atoms in total. The van der Waals surface area contributed by atoms with Gasteiger partial charge in [0.25, 0.3) is 5.91 Å². The van der Waals surface area contributed by atoms with E-state index in [4.69, 9.17) is 9.15 Å². The summed E-state index contributed by atoms with van der Waals surface area (Å²) >= 11 is 0. The summed E-state index contributed by atoms with van der Waals surface area (Å²) in [7, 11) is 1.57. The van der Waals surface area contributed by atoms with Gasteiger partial charge in [-0.15, -0.1) is 0 Å². The van der Waals surface area contributed by atoms with Crippen LogP contribution in [0.3, 0.4) is 0 Å². The van der Waals surface area contributed by atoms with Gasteiger partial charge in [-0.05, 0) is 41.8 Å². The lowest BCUT2D eigenvalue weighted by atomic mass is 10.1. The highest BCUT2D eigenvalue weighted by molar-refractivity contribution is 6.03. The molecule has 0 saturated heterocycles. The molecule has 3 rings (SSSR count). The molecule has 110 valence electrons. The Morgan fingerprint density at radius 1 is 1.09 bits per heavy atom. The van der Waals surface area contributed by atoms with E-state index in [1.807, 2.05) is 0 Å². The normalized spacial score (nSPS) is 10.4. The first-order chi connectivity index (χ1) is 10.7. The largest absolute Gasteiger partial charge is 0.497 e. The Morgan fingerprint density at radius 2 is 1.82 bits per heavy atom. The van der Waals surface area contributed by atoms with Crippen molar-refractivity contribution in [1.82, 2.24) is 0 Å². The topological polar surface area (TPSA) is 68.5 Å². The summed E-state index contributed by atoms with van der Waals surface area (Å²) in [5, 5.41) is 3.79. The Kier molecular flexibility index (Phi) is 3.62. The predicted molar refractivity (Wildman–Crippen MR) is 83.4 cm³/mol. The molecule has 0 radical (unpaired) electrons. The highest BCUT2D eigenvalue weighted by Crippen LogP contribution is 2.17. The number of ether oxygens (including phenoxy) is 1. The van der Waals surface area contributed by atoms with Gasteiger partial charge in [0.2, 0.25) is 0 Å². The van der Waals surface area contributed by atoms with Crippen molar-refractivity contribution in [3.63, 3.8) is 0 Å². The Morgan fingerprint density at radius 3 is 2.55 bits per heavy atom. The van der Waals surface area contributed by atoms with Crippen molar-refractivity contribution in [3.8, 4) is 5.75 Å². The number of benzene rings is 2. The van der Waals surface area contributed by atoms with Gasteiger partial charge in [-0.3, -0.25) is 4.79 Å². The van der Waals surface area contributed by atoms with Crippen molar-refractivity contribution < 1.29 is 13.9 Å². The molecule has 1 aromatic heterocycles. The van der Waals surface area contributed by atoms with Gasteiger partial charge in [-0.2, -0.15) is 0 Å². The third-order valence-corrected chi connectivity index (χ3v) is 3.24. The maximum absolute atomic E-state index is 12.2. The van der Waals surface area contributed by atoms with Crippen LogP contribution in [0.4, 0.5) is 5.69 Å². The van der Waals surface area contributed by atoms with Crippen LogP contribution in [-0.4, -0.2) is 13.0 Å². The number of carbonyl (C=O) groups is 1. The van der Waals surface area contributed by atoms with E-state index in [1.54, 1.807) is 61.7 Å². The zero-order valence-electron chi connectivity index (χ0n) is 11.8. The molecule has 1 heterocycles. The lowest BCUT2D eigenvalue weighted by Gasteiger charge is -2.06. The van der Waals surface area contributed by atoms with Gasteiger partial charge in [0.05, 0.1) is 12.5 Å². The number of methoxy groups -OCH3 is 1. The summed E-state index contributed by atoms with van der Waals surface area (Å²) in [6.07, 6.45) is 0. The molecular formula is C17H13NO4. The molecule has 0 fully saturated rings. The molecule has 2 aromatic carbocycles. The molecule has 3 aromatic rings. The molecule has 1 amide bonds. The molecule has 0 aliphatic rings. The molecule has 0 aliphatic heterocycles. The molecule has 0 atom stereocenters. The fraction of sp³-hybridized carbons (Fsp3) is 0.0588. The van der Waals surface area contributed by atoms with Gasteiger partial charge in [-0.1, -0.05) is 18.2 Å². The van der Waals surface area contributed by atoms with Crippen LogP contribution in [-0.2, 0) is 0 Å². The second-order valence-corrected chi connectivity index (χ2v) is 4.67. The van der Waals surface area contributed by atoms with Gasteiger partial charge in [0, 0.05) is 5.69 Å². The fourth-order valence-electron chi connectivity index (χ4n) is 2.11. The summed E-state index contributed by atoms with van der Waals surface area (Å²) in [6.45, 7) is 0. The Balaban J connectivity index is 1.89. The van der Waals surface area contributed by atoms with E-state index < -0.39 is 11.5 Å². The highest BCUT2D eigenvalue weighted by Gasteiger charge is 2.12. The van der Waals surface area contributed by atoms with E-state index in [2.05, 4.69) is 5.32 Å². The van der Waals surface area contributed by atoms with Gasteiger partial charge >= 0.3 is 5.63 Å². The van der Waals surface area contributed by atoms with Gasteiger partial charge < -0.3 is 14.5 Å². The number of anilines is 1. The molecule has 0 unspecified atom stereocenters. The van der Waals surface area contributed by atoms with Crippen LogP contribution in [0.15, 0.2) is 63.8 Å². The van der Waals surface area contributed by atoms with Gasteiger partial charge in [-0.25, -0.2) is 4.79 Å². The quantitative estimate of drug-likeness (QED) is 0.806. The predicted octanol–water partition coefficient (Wildman–Crippen LogP) is 3.05. The molecule has 5 heteroatoms. The highest BCUT2D eigenvalue weighted by atomic mass is 16.5. The van der Waals surface area contributed by atoms with Crippen LogP contribution in [0.5, 0.6) is 5.75 Å². The number of hydrogen-bond acceptors (Lipinski definition) is 4. The van der Waals surface area contributed by atoms with Crippen molar-refractivity contribution in [2.45, 2.75) is 0 Å². The summed E-state index contributed by atoms with van der Waals surface area (Å²) in [5.74, 6) is 0.183. The second-order valence-electron chi connectivity index (χ2n) is 4.67. The van der Waals surface area contributed by atoms with Crippen molar-refractivity contribution in [3.05, 3.63) is 70.8 Å². The van der Waals surface area contributed by atoms with E-state index in [9.17, 15) is 9.59 Å². The maximum atomic E-state index is 12.2. The number of fused-ring (bicyclic) bond motifs is 1. The van der Waals surface area contributed by atoms with Crippen molar-refractivity contribution in [2.24, 2.45) is 0 Å². The van der Waals surface area contributed by atoms with Crippen molar-refractivity contribution in [1.29, 1.82) is 0 Å². The zero-order valence-corrected chi connectivity index (χ0v) is 11.8. The van der Waals surface area contributed by atoms with Crippen LogP contribution in [0.25, 0.3) is 10.8 Å². The van der Waals surface area contributed by atoms with E-state index in [1.165, 1.54) is 0 Å². The Hall–Kier alpha value is -3.08. The van der Waals surface area contributed by atoms with Gasteiger partial charge in [0.15, 0.2) is 5.76 Å². The first-order valence-corrected chi connectivity index (χ1v) is 6.65. The van der Waals surface area contributed by atoms with Crippen LogP contribution in [0, 0.1) is 0 Å². The van der Waals surface area contributed by atoms with E-state index in [0.717, 1.165) is 0 Å². The number of carbonyl (C=O) groups excluding carboxylic acids is 1. The second kappa shape index (κ2) is 5.73. The summed E-state index contributed by atoms with van der Waals surface area (Å²) in [4.78, 5) is 24.1. The van der Waals surface area contributed by atoms with Crippen LogP contribution in [0.2, 0.25) is 0 Å². The first-order valence-electron chi connectivity index (χ1n) is 6.65. The fourth-order valence-corrected chi connectivity index (χ4v) is 2.11. The molecule has 1 N–H and O–H groups in total. The average Bonchev–Trinajstić information content (AvgIpc) is 2.55. The molecular weight excluding hydrogens is 282 g/mol. The Bertz CT molecular complexity index is 881. The zero-order chi connectivity index (χ0) is 15.5. The summed E-state index contributed by atoms with van der Waals surface area (Å²) in [6, 6.07) is 15.4. The minimum Gasteiger partial charge on any atom is -0.497 e. The van der Waals surface area contributed by atoms with Crippen molar-refractivity contribution >= 4 is 22.4 Å². The first kappa shape index (κ1) is 13.9. The van der Waals surface area contributed by atoms with E-state index in [-0.39, 0.29) is 5.76 Å². The summed E-state index contributed by atoms with van der Waals surface area (Å²) < 4.78 is 10.1. The monoisotopic (exact) mass is 295 g/mol. The molecule has 0 saturated carbocycles. The van der Waals surface area contributed by atoms with Crippen LogP contribution < -0.4 is 15.7 Å². The minimum atomic E-state index is -0.530. The number of nitrogens with one attached hydrogen (secondary N) is 1. The van der Waals surface area contributed by atoms with Crippen molar-refractivity contribution in [2.75, 3.05) is 12.4 Å². The lowest BCUT2D eigenvalue weighted by molar-refractivity contribution is 0.0993. The average molecular weight is 295 g/mol. The number of rotatable bonds is 3. The Labute approximate surface area is 126 Å². The SMILES string of the molecule is COc1ccc(NC(=O)c2cc3ccccc3c(=O)o2)cc1. The molecule has 0 spiro atoms. The third-order valence-electron chi connectivity index (χ3n) is 3.24. The number of amides is 1. The molecule has 22 heavy (non-hydrogen) atoms. The molecule has 0 aliphatic carbocycles. The number of hydrogen-bond donors (Lipinski definition) is 1. The van der Waals surface area contributed by atoms with E-state index in [0.29, 0.717) is 22.2 Å². The van der Waals surface area contributed by atoms with Crippen LogP contribution >= 0.6 is 0 Å². The summed E-state index contributed by atoms with van der Waals surface area (Å²) in [5.41, 5.74) is 0.0552. The smallest absolute Gasteiger partial charge is 0.344 e. The van der Waals surface area contributed by atoms with E-state index >= 15 is 0 Å². The van der Waals surface area contributed by atoms with Gasteiger partial charge in [0.1, 0.15) is 5.75 Å². The lowest BCUT2D eigenvalue weighted by Crippen LogP contribution is -2.14. The molecule has 0 bridgehead atoms. The minimum absolute atomic E-state index is 0.0282. The third kappa shape index (κ3) is 2.69.